The first-order chi connectivity index (χ1) is 12.5. The first-order valence-corrected chi connectivity index (χ1v) is 8.56. The Labute approximate surface area is 156 Å². The number of methoxy groups -OCH3 is 1. The number of halogens is 1. The highest BCUT2D eigenvalue weighted by molar-refractivity contribution is 6.30. The molecular weight excluding hydrogens is 354 g/mol. The van der Waals surface area contributed by atoms with Crippen molar-refractivity contribution in [3.8, 4) is 5.75 Å². The average molecular weight is 374 g/mol. The number of phenols is 1. The largest absolute Gasteiger partial charge is 0.507 e. The topological polar surface area (TPSA) is 78.5 Å². The van der Waals surface area contributed by atoms with Gasteiger partial charge in [-0.1, -0.05) is 23.7 Å². The second-order valence-corrected chi connectivity index (χ2v) is 6.55. The molecular formula is C19H20ClN3O3. The van der Waals surface area contributed by atoms with Gasteiger partial charge < -0.3 is 14.7 Å². The van der Waals surface area contributed by atoms with E-state index in [2.05, 4.69) is 10.2 Å². The van der Waals surface area contributed by atoms with Crippen molar-refractivity contribution in [2.75, 3.05) is 27.3 Å². The Morgan fingerprint density at radius 2 is 2.15 bits per heavy atom. The lowest BCUT2D eigenvalue weighted by Crippen LogP contribution is -2.30. The third kappa shape index (κ3) is 3.81. The van der Waals surface area contributed by atoms with Crippen LogP contribution in [0.15, 0.2) is 36.4 Å². The number of phenolic OH excluding ortho intramolecular Hbond substituents is 1. The van der Waals surface area contributed by atoms with Gasteiger partial charge in [0.15, 0.2) is 0 Å². The Morgan fingerprint density at radius 3 is 2.88 bits per heavy atom. The first-order valence-electron chi connectivity index (χ1n) is 8.18. The lowest BCUT2D eigenvalue weighted by atomic mass is 10.0. The number of benzene rings is 2. The summed E-state index contributed by atoms with van der Waals surface area (Å²) >= 11 is 6.05. The third-order valence-electron chi connectivity index (χ3n) is 4.23. The van der Waals surface area contributed by atoms with E-state index in [1.54, 1.807) is 20.2 Å². The van der Waals surface area contributed by atoms with Crippen molar-refractivity contribution in [3.63, 3.8) is 0 Å². The molecule has 136 valence electrons. The van der Waals surface area contributed by atoms with E-state index in [-0.39, 0.29) is 17.2 Å². The standard InChI is InChI=1S/C19H20ClN3O3/c1-23(6-7-26-2)19(25)15-10-14-16(21-22-17(14)11-18(15)24)9-12-4-3-5-13(20)8-12/h3-5,8,10-11,24H,6-7,9H2,1-2H3,(H,21,22). The van der Waals surface area contributed by atoms with Crippen molar-refractivity contribution in [1.29, 1.82) is 0 Å². The van der Waals surface area contributed by atoms with Crippen LogP contribution in [0.5, 0.6) is 5.75 Å². The molecule has 0 unspecified atom stereocenters. The van der Waals surface area contributed by atoms with Gasteiger partial charge in [0.2, 0.25) is 0 Å². The Kier molecular flexibility index (Phi) is 5.44. The van der Waals surface area contributed by atoms with Crippen LogP contribution in [-0.2, 0) is 11.2 Å². The molecule has 2 N–H and O–H groups in total. The number of ether oxygens (including phenoxy) is 1. The zero-order valence-electron chi connectivity index (χ0n) is 14.6. The fourth-order valence-electron chi connectivity index (χ4n) is 2.79. The summed E-state index contributed by atoms with van der Waals surface area (Å²) in [6, 6.07) is 10.8. The summed E-state index contributed by atoms with van der Waals surface area (Å²) < 4.78 is 5.00. The molecule has 0 aliphatic carbocycles. The summed E-state index contributed by atoms with van der Waals surface area (Å²) in [7, 11) is 3.25. The second kappa shape index (κ2) is 7.76. The van der Waals surface area contributed by atoms with Crippen LogP contribution in [-0.4, -0.2) is 53.4 Å². The van der Waals surface area contributed by atoms with Crippen LogP contribution in [0.3, 0.4) is 0 Å². The average Bonchev–Trinajstić information content (AvgIpc) is 3.00. The van der Waals surface area contributed by atoms with E-state index in [1.807, 2.05) is 24.3 Å². The van der Waals surface area contributed by atoms with E-state index in [9.17, 15) is 9.90 Å². The van der Waals surface area contributed by atoms with E-state index in [0.717, 1.165) is 16.6 Å². The number of nitrogens with zero attached hydrogens (tertiary/aromatic N) is 2. The molecule has 6 nitrogen and oxygen atoms in total. The maximum absolute atomic E-state index is 12.6. The number of aromatic hydroxyl groups is 1. The molecule has 2 aromatic carbocycles. The Hall–Kier alpha value is -2.57. The first kappa shape index (κ1) is 18.2. The minimum Gasteiger partial charge on any atom is -0.507 e. The Balaban J connectivity index is 1.94. The summed E-state index contributed by atoms with van der Waals surface area (Å²) in [4.78, 5) is 14.1. The number of amides is 1. The molecule has 1 amide bonds. The molecule has 1 aromatic heterocycles. The monoisotopic (exact) mass is 373 g/mol. The molecule has 0 saturated carbocycles. The van der Waals surface area contributed by atoms with Crippen LogP contribution in [0.1, 0.15) is 21.6 Å². The predicted octanol–water partition coefficient (Wildman–Crippen LogP) is 3.23. The molecule has 0 spiro atoms. The van der Waals surface area contributed by atoms with Crippen LogP contribution < -0.4 is 0 Å². The zero-order valence-corrected chi connectivity index (χ0v) is 15.4. The smallest absolute Gasteiger partial charge is 0.257 e. The van der Waals surface area contributed by atoms with Crippen molar-refractivity contribution in [1.82, 2.24) is 15.1 Å². The summed E-state index contributed by atoms with van der Waals surface area (Å²) in [5.74, 6) is -0.346. The lowest BCUT2D eigenvalue weighted by Gasteiger charge is -2.17. The summed E-state index contributed by atoms with van der Waals surface area (Å²) in [5.41, 5.74) is 2.72. The number of likely N-dealkylation sites (N-methyl/N-ethyl adjacent to an activating group) is 1. The molecule has 3 rings (SSSR count). The van der Waals surface area contributed by atoms with Gasteiger partial charge in [0.25, 0.3) is 5.91 Å². The lowest BCUT2D eigenvalue weighted by molar-refractivity contribution is 0.0741. The van der Waals surface area contributed by atoms with E-state index in [1.165, 1.54) is 11.0 Å². The number of carbonyl (C=O) groups excluding carboxylic acids is 1. The predicted molar refractivity (Wildman–Crippen MR) is 101 cm³/mol. The third-order valence-corrected chi connectivity index (χ3v) is 4.46. The van der Waals surface area contributed by atoms with Gasteiger partial charge >= 0.3 is 0 Å². The number of hydrogen-bond donors (Lipinski definition) is 2. The van der Waals surface area contributed by atoms with E-state index in [0.29, 0.717) is 30.1 Å². The molecule has 3 aromatic rings. The molecule has 7 heteroatoms. The minimum absolute atomic E-state index is 0.0790. The number of nitrogens with one attached hydrogen (secondary N) is 1. The van der Waals surface area contributed by atoms with Crippen LogP contribution in [0.4, 0.5) is 0 Å². The van der Waals surface area contributed by atoms with Crippen LogP contribution >= 0.6 is 11.6 Å². The van der Waals surface area contributed by atoms with Crippen molar-refractivity contribution in [3.05, 3.63) is 58.2 Å². The number of aromatic nitrogens is 2. The fourth-order valence-corrected chi connectivity index (χ4v) is 3.00. The van der Waals surface area contributed by atoms with E-state index >= 15 is 0 Å². The highest BCUT2D eigenvalue weighted by Crippen LogP contribution is 2.28. The Morgan fingerprint density at radius 1 is 1.35 bits per heavy atom. The number of aromatic amines is 1. The molecule has 0 fully saturated rings. The van der Waals surface area contributed by atoms with Crippen LogP contribution in [0, 0.1) is 0 Å². The van der Waals surface area contributed by atoms with Gasteiger partial charge in [-0.25, -0.2) is 0 Å². The molecule has 26 heavy (non-hydrogen) atoms. The summed E-state index contributed by atoms with van der Waals surface area (Å²) in [6.45, 7) is 0.866. The van der Waals surface area contributed by atoms with E-state index < -0.39 is 0 Å². The molecule has 0 atom stereocenters. The van der Waals surface area contributed by atoms with Crippen molar-refractivity contribution >= 4 is 28.4 Å². The second-order valence-electron chi connectivity index (χ2n) is 6.11. The molecule has 0 aliphatic rings. The van der Waals surface area contributed by atoms with Crippen molar-refractivity contribution < 1.29 is 14.6 Å². The maximum Gasteiger partial charge on any atom is 0.257 e. The van der Waals surface area contributed by atoms with Crippen LogP contribution in [0.25, 0.3) is 10.9 Å². The number of hydrogen-bond acceptors (Lipinski definition) is 4. The van der Waals surface area contributed by atoms with E-state index in [4.69, 9.17) is 16.3 Å². The normalized spacial score (nSPS) is 11.0. The van der Waals surface area contributed by atoms with Gasteiger partial charge in [0.1, 0.15) is 5.75 Å². The Bertz CT molecular complexity index is 939. The van der Waals surface area contributed by atoms with Gasteiger partial charge in [0, 0.05) is 43.6 Å². The van der Waals surface area contributed by atoms with Crippen LogP contribution in [0.2, 0.25) is 5.02 Å². The SMILES string of the molecule is COCCN(C)C(=O)c1cc2c(Cc3cccc(Cl)c3)n[nH]c2cc1O. The quantitative estimate of drug-likeness (QED) is 0.695. The minimum atomic E-state index is -0.267. The van der Waals surface area contributed by atoms with Gasteiger partial charge in [-0.2, -0.15) is 5.10 Å². The highest BCUT2D eigenvalue weighted by Gasteiger charge is 2.19. The molecule has 0 radical (unpaired) electrons. The number of rotatable bonds is 6. The van der Waals surface area contributed by atoms with Crippen molar-refractivity contribution in [2.45, 2.75) is 6.42 Å². The van der Waals surface area contributed by atoms with Gasteiger partial charge in [0.05, 0.1) is 23.4 Å². The van der Waals surface area contributed by atoms with Gasteiger partial charge in [-0.05, 0) is 23.8 Å². The van der Waals surface area contributed by atoms with Gasteiger partial charge in [-0.15, -0.1) is 0 Å². The zero-order chi connectivity index (χ0) is 18.7. The summed E-state index contributed by atoms with van der Waals surface area (Å²) in [5, 5.41) is 18.9. The molecule has 0 saturated heterocycles. The molecule has 0 bridgehead atoms. The summed E-state index contributed by atoms with van der Waals surface area (Å²) in [6.07, 6.45) is 0.568. The molecule has 0 aliphatic heterocycles. The highest BCUT2D eigenvalue weighted by atomic mass is 35.5. The van der Waals surface area contributed by atoms with Gasteiger partial charge in [-0.3, -0.25) is 9.89 Å². The van der Waals surface area contributed by atoms with Crippen molar-refractivity contribution in [2.24, 2.45) is 0 Å². The number of carbonyl (C=O) groups is 1. The fraction of sp³-hybridized carbons (Fsp3) is 0.263. The molecule has 1 heterocycles. The maximum atomic E-state index is 12.6. The number of H-pyrrole nitrogens is 1. The number of fused-ring (bicyclic) bond motifs is 1.